The zero-order valence-corrected chi connectivity index (χ0v) is 21.2. The number of aromatic amines is 1. The number of hydrogen-bond donors (Lipinski definition) is 1. The Morgan fingerprint density at radius 3 is 2.56 bits per heavy atom. The number of benzene rings is 1. The molecule has 0 radical (unpaired) electrons. The second-order valence-corrected chi connectivity index (χ2v) is 9.35. The normalized spacial score (nSPS) is 16.9. The lowest BCUT2D eigenvalue weighted by Crippen LogP contribution is -2.36. The molecule has 1 fully saturated rings. The fourth-order valence-electron chi connectivity index (χ4n) is 4.87. The number of anilines is 1. The highest BCUT2D eigenvalue weighted by Gasteiger charge is 2.33. The number of rotatable bonds is 6. The zero-order valence-electron chi connectivity index (χ0n) is 20.4. The van der Waals surface area contributed by atoms with Gasteiger partial charge in [0.2, 0.25) is 0 Å². The molecule has 1 aromatic carbocycles. The van der Waals surface area contributed by atoms with Crippen LogP contribution in [0.1, 0.15) is 58.6 Å². The molecule has 184 valence electrons. The van der Waals surface area contributed by atoms with Crippen LogP contribution in [-0.4, -0.2) is 66.9 Å². The van der Waals surface area contributed by atoms with E-state index >= 15 is 0 Å². The predicted molar refractivity (Wildman–Crippen MR) is 137 cm³/mol. The Morgan fingerprint density at radius 1 is 1.18 bits per heavy atom. The molecule has 0 aliphatic carbocycles. The standard InChI is InChI=1S/C26H33FN4O2.ClH/c1-17-22(28-18(2)24(17)26(33)30-12-6-5-7-13-30)16-21-20-15-19(27)9-10-23(20)31(25(21)32)14-8-11-29(3)4;/h9-10,15-16,28H,5-8,11-14H2,1-4H3;1H/b21-16-;. The molecule has 0 spiro atoms. The second-order valence-electron chi connectivity index (χ2n) is 9.35. The third-order valence-corrected chi connectivity index (χ3v) is 6.62. The summed E-state index contributed by atoms with van der Waals surface area (Å²) in [4.78, 5) is 35.6. The zero-order chi connectivity index (χ0) is 23.7. The number of halogens is 2. The SMILES string of the molecule is Cc1[nH]c(/C=C2\C(=O)N(CCCN(C)C)c3ccc(F)cc32)c(C)c1C(=O)N1CCCCC1.Cl. The number of hydrogen-bond acceptors (Lipinski definition) is 3. The fraction of sp³-hybridized carbons (Fsp3) is 0.462. The first-order valence-electron chi connectivity index (χ1n) is 11.7. The van der Waals surface area contributed by atoms with Crippen LogP contribution in [0.4, 0.5) is 10.1 Å². The largest absolute Gasteiger partial charge is 0.358 e. The van der Waals surface area contributed by atoms with Gasteiger partial charge in [0.05, 0.1) is 16.8 Å². The van der Waals surface area contributed by atoms with Gasteiger partial charge in [-0.25, -0.2) is 4.39 Å². The molecule has 2 aromatic rings. The van der Waals surface area contributed by atoms with E-state index in [2.05, 4.69) is 9.88 Å². The van der Waals surface area contributed by atoms with Gasteiger partial charge in [-0.3, -0.25) is 9.59 Å². The minimum atomic E-state index is -0.372. The Kier molecular flexibility index (Phi) is 8.21. The maximum atomic E-state index is 14.1. The third-order valence-electron chi connectivity index (χ3n) is 6.62. The average Bonchev–Trinajstić information content (AvgIpc) is 3.21. The molecule has 4 rings (SSSR count). The van der Waals surface area contributed by atoms with Crippen molar-refractivity contribution in [3.05, 3.63) is 52.1 Å². The van der Waals surface area contributed by atoms with Gasteiger partial charge < -0.3 is 19.7 Å². The van der Waals surface area contributed by atoms with Gasteiger partial charge >= 0.3 is 0 Å². The van der Waals surface area contributed by atoms with Crippen molar-refractivity contribution in [2.24, 2.45) is 0 Å². The van der Waals surface area contributed by atoms with E-state index in [1.165, 1.54) is 12.1 Å². The van der Waals surface area contributed by atoms with E-state index < -0.39 is 0 Å². The molecule has 34 heavy (non-hydrogen) atoms. The van der Waals surface area contributed by atoms with E-state index in [0.717, 1.165) is 68.0 Å². The first-order valence-corrected chi connectivity index (χ1v) is 11.7. The summed E-state index contributed by atoms with van der Waals surface area (Å²) in [6.07, 6.45) is 5.83. The Hall–Kier alpha value is -2.64. The maximum Gasteiger partial charge on any atom is 0.259 e. The van der Waals surface area contributed by atoms with Gasteiger partial charge in [-0.2, -0.15) is 0 Å². The van der Waals surface area contributed by atoms with Gasteiger partial charge in [0.15, 0.2) is 0 Å². The van der Waals surface area contributed by atoms with E-state index in [-0.39, 0.29) is 30.0 Å². The number of fused-ring (bicyclic) bond motifs is 1. The first-order chi connectivity index (χ1) is 15.8. The minimum Gasteiger partial charge on any atom is -0.358 e. The first kappa shape index (κ1) is 26.0. The number of carbonyl (C=O) groups is 2. The highest BCUT2D eigenvalue weighted by atomic mass is 35.5. The monoisotopic (exact) mass is 488 g/mol. The molecule has 2 aliphatic heterocycles. The van der Waals surface area contributed by atoms with Crippen molar-refractivity contribution in [2.75, 3.05) is 45.2 Å². The molecule has 0 bridgehead atoms. The lowest BCUT2D eigenvalue weighted by molar-refractivity contribution is -0.113. The van der Waals surface area contributed by atoms with Crippen LogP contribution in [-0.2, 0) is 4.79 Å². The average molecular weight is 489 g/mol. The molecule has 6 nitrogen and oxygen atoms in total. The Balaban J connectivity index is 0.00000324. The van der Waals surface area contributed by atoms with Crippen LogP contribution < -0.4 is 4.90 Å². The number of aryl methyl sites for hydroxylation is 1. The summed E-state index contributed by atoms with van der Waals surface area (Å²) < 4.78 is 14.1. The van der Waals surface area contributed by atoms with E-state index in [1.807, 2.05) is 32.8 Å². The van der Waals surface area contributed by atoms with Gasteiger partial charge in [0, 0.05) is 36.6 Å². The lowest BCUT2D eigenvalue weighted by atomic mass is 10.0. The molecule has 3 heterocycles. The molecular formula is C26H34ClFN4O2. The topological polar surface area (TPSA) is 59.7 Å². The maximum absolute atomic E-state index is 14.1. The second kappa shape index (κ2) is 10.7. The van der Waals surface area contributed by atoms with E-state index in [1.54, 1.807) is 17.0 Å². The van der Waals surface area contributed by atoms with Crippen LogP contribution in [0.15, 0.2) is 18.2 Å². The van der Waals surface area contributed by atoms with Gasteiger partial charge in [-0.15, -0.1) is 12.4 Å². The number of piperidine rings is 1. The highest BCUT2D eigenvalue weighted by molar-refractivity contribution is 6.35. The van der Waals surface area contributed by atoms with Crippen molar-refractivity contribution in [2.45, 2.75) is 39.5 Å². The van der Waals surface area contributed by atoms with E-state index in [9.17, 15) is 14.0 Å². The van der Waals surface area contributed by atoms with Crippen molar-refractivity contribution in [1.29, 1.82) is 0 Å². The van der Waals surface area contributed by atoms with Crippen molar-refractivity contribution in [3.63, 3.8) is 0 Å². The van der Waals surface area contributed by atoms with E-state index in [4.69, 9.17) is 0 Å². The quantitative estimate of drug-likeness (QED) is 0.602. The predicted octanol–water partition coefficient (Wildman–Crippen LogP) is 4.66. The van der Waals surface area contributed by atoms with E-state index in [0.29, 0.717) is 23.2 Å². The van der Waals surface area contributed by atoms with Crippen molar-refractivity contribution >= 4 is 41.6 Å². The number of nitrogens with zero attached hydrogens (tertiary/aromatic N) is 3. The van der Waals surface area contributed by atoms with Crippen LogP contribution in [0.2, 0.25) is 0 Å². The highest BCUT2D eigenvalue weighted by Crippen LogP contribution is 2.39. The molecule has 1 N–H and O–H groups in total. The minimum absolute atomic E-state index is 0. The number of aromatic nitrogens is 1. The molecule has 2 aliphatic rings. The summed E-state index contributed by atoms with van der Waals surface area (Å²) in [6, 6.07) is 4.50. The van der Waals surface area contributed by atoms with Gasteiger partial charge in [-0.1, -0.05) is 0 Å². The number of carbonyl (C=O) groups excluding carboxylic acids is 2. The molecule has 1 saturated heterocycles. The lowest BCUT2D eigenvalue weighted by Gasteiger charge is -2.27. The van der Waals surface area contributed by atoms with Crippen LogP contribution in [0.25, 0.3) is 11.6 Å². The van der Waals surface area contributed by atoms with Crippen molar-refractivity contribution in [3.8, 4) is 0 Å². The number of likely N-dealkylation sites (tertiary alicyclic amines) is 1. The van der Waals surface area contributed by atoms with Crippen molar-refractivity contribution in [1.82, 2.24) is 14.8 Å². The molecule has 0 atom stereocenters. The Morgan fingerprint density at radius 2 is 1.88 bits per heavy atom. The third kappa shape index (κ3) is 5.05. The van der Waals surface area contributed by atoms with Crippen LogP contribution >= 0.6 is 12.4 Å². The Bertz CT molecular complexity index is 1100. The summed E-state index contributed by atoms with van der Waals surface area (Å²) in [5.74, 6) is -0.465. The summed E-state index contributed by atoms with van der Waals surface area (Å²) in [7, 11) is 4.00. The smallest absolute Gasteiger partial charge is 0.259 e. The van der Waals surface area contributed by atoms with Crippen LogP contribution in [0.3, 0.4) is 0 Å². The molecular weight excluding hydrogens is 455 g/mol. The summed E-state index contributed by atoms with van der Waals surface area (Å²) in [5, 5.41) is 0. The molecule has 0 saturated carbocycles. The number of nitrogens with one attached hydrogen (secondary N) is 1. The fourth-order valence-corrected chi connectivity index (χ4v) is 4.87. The molecule has 2 amide bonds. The molecule has 1 aromatic heterocycles. The van der Waals surface area contributed by atoms with Gasteiger partial charge in [0.1, 0.15) is 5.82 Å². The summed E-state index contributed by atoms with van der Waals surface area (Å²) in [6.45, 7) is 6.79. The van der Waals surface area contributed by atoms with Crippen molar-refractivity contribution < 1.29 is 14.0 Å². The van der Waals surface area contributed by atoms with Gasteiger partial charge in [0.25, 0.3) is 11.8 Å². The number of amides is 2. The summed E-state index contributed by atoms with van der Waals surface area (Å²) in [5.41, 5.74) is 4.81. The van der Waals surface area contributed by atoms with Crippen LogP contribution in [0, 0.1) is 19.7 Å². The van der Waals surface area contributed by atoms with Crippen LogP contribution in [0.5, 0.6) is 0 Å². The Labute approximate surface area is 207 Å². The van der Waals surface area contributed by atoms with Gasteiger partial charge in [-0.05, 0) is 90.0 Å². The molecule has 0 unspecified atom stereocenters. The summed E-state index contributed by atoms with van der Waals surface area (Å²) >= 11 is 0. The molecule has 8 heteroatoms. The number of H-pyrrole nitrogens is 1.